The van der Waals surface area contributed by atoms with E-state index in [1.807, 2.05) is 19.2 Å². The maximum absolute atomic E-state index is 9.59. The fourth-order valence-corrected chi connectivity index (χ4v) is 2.02. The summed E-state index contributed by atoms with van der Waals surface area (Å²) < 4.78 is 0. The molecule has 1 unspecified atom stereocenters. The Labute approximate surface area is 83.0 Å². The monoisotopic (exact) mass is 197 g/mol. The fraction of sp³-hybridized carbons (Fsp3) is 0.500. The zero-order valence-electron chi connectivity index (χ0n) is 8.08. The third kappa shape index (κ3) is 3.70. The fourth-order valence-electron chi connectivity index (χ4n) is 1.17. The topological polar surface area (TPSA) is 33.1 Å². The van der Waals surface area contributed by atoms with Gasteiger partial charge >= 0.3 is 0 Å². The lowest BCUT2D eigenvalue weighted by molar-refractivity contribution is 0.175. The number of aromatic nitrogens is 1. The normalized spacial score (nSPS) is 12.8. The Morgan fingerprint density at radius 3 is 2.92 bits per heavy atom. The van der Waals surface area contributed by atoms with Crippen molar-refractivity contribution in [2.45, 2.75) is 32.8 Å². The van der Waals surface area contributed by atoms with Gasteiger partial charge in [0.25, 0.3) is 0 Å². The van der Waals surface area contributed by atoms with Crippen LogP contribution in [0.25, 0.3) is 0 Å². The third-order valence-electron chi connectivity index (χ3n) is 1.66. The van der Waals surface area contributed by atoms with Crippen LogP contribution in [0, 0.1) is 6.92 Å². The number of aryl methyl sites for hydroxylation is 1. The van der Waals surface area contributed by atoms with Crippen molar-refractivity contribution in [1.82, 2.24) is 4.98 Å². The van der Waals surface area contributed by atoms with E-state index in [4.69, 9.17) is 0 Å². The van der Waals surface area contributed by atoms with Gasteiger partial charge in [0.05, 0.1) is 11.1 Å². The molecule has 0 amide bonds. The predicted octanol–water partition coefficient (Wildman–Crippen LogP) is 2.32. The van der Waals surface area contributed by atoms with E-state index in [1.165, 1.54) is 0 Å². The first-order chi connectivity index (χ1) is 6.08. The van der Waals surface area contributed by atoms with Crippen molar-refractivity contribution in [2.24, 2.45) is 0 Å². The smallest absolute Gasteiger partial charge is 0.0954 e. The lowest BCUT2D eigenvalue weighted by Gasteiger charge is -2.07. The molecule has 0 aromatic carbocycles. The summed E-state index contributed by atoms with van der Waals surface area (Å²) in [6, 6.07) is 0. The Hall–Kier alpha value is -0.670. The minimum atomic E-state index is -0.331. The van der Waals surface area contributed by atoms with Gasteiger partial charge in [0.2, 0.25) is 0 Å². The van der Waals surface area contributed by atoms with Crippen LogP contribution in [0.2, 0.25) is 0 Å². The highest BCUT2D eigenvalue weighted by Crippen LogP contribution is 2.13. The molecule has 3 heteroatoms. The minimum absolute atomic E-state index is 0.331. The number of nitrogens with zero attached hydrogens (tertiary/aromatic N) is 1. The molecule has 0 radical (unpaired) electrons. The van der Waals surface area contributed by atoms with Gasteiger partial charge in [-0.05, 0) is 20.3 Å². The van der Waals surface area contributed by atoms with Gasteiger partial charge in [-0.1, -0.05) is 5.57 Å². The molecule has 0 saturated heterocycles. The summed E-state index contributed by atoms with van der Waals surface area (Å²) >= 11 is 1.60. The van der Waals surface area contributed by atoms with Gasteiger partial charge in [-0.25, -0.2) is 4.98 Å². The number of hydrogen-bond acceptors (Lipinski definition) is 3. The summed E-state index contributed by atoms with van der Waals surface area (Å²) in [5, 5.41) is 12.6. The molecule has 0 aliphatic carbocycles. The van der Waals surface area contributed by atoms with Crippen LogP contribution >= 0.6 is 11.3 Å². The van der Waals surface area contributed by atoms with E-state index in [9.17, 15) is 5.11 Å². The van der Waals surface area contributed by atoms with Crippen molar-refractivity contribution < 1.29 is 5.11 Å². The molecule has 1 aromatic rings. The van der Waals surface area contributed by atoms with Gasteiger partial charge in [-0.15, -0.1) is 17.9 Å². The summed E-state index contributed by atoms with van der Waals surface area (Å²) in [4.78, 5) is 4.29. The van der Waals surface area contributed by atoms with E-state index < -0.39 is 0 Å². The zero-order chi connectivity index (χ0) is 9.84. The number of aliphatic hydroxyl groups excluding tert-OH is 1. The highest BCUT2D eigenvalue weighted by molar-refractivity contribution is 7.09. The Bertz CT molecular complexity index is 293. The highest BCUT2D eigenvalue weighted by atomic mass is 32.1. The standard InChI is InChI=1S/C10H15NOS/c1-7(2)4-9(12)5-10-11-8(3)6-13-10/h6,9,12H,1,4-5H2,2-3H3. The van der Waals surface area contributed by atoms with Crippen LogP contribution in [0.5, 0.6) is 0 Å². The SMILES string of the molecule is C=C(C)CC(O)Cc1nc(C)cs1. The van der Waals surface area contributed by atoms with Crippen LogP contribution in [0.1, 0.15) is 24.0 Å². The van der Waals surface area contributed by atoms with E-state index in [0.717, 1.165) is 16.3 Å². The van der Waals surface area contributed by atoms with E-state index in [0.29, 0.717) is 12.8 Å². The van der Waals surface area contributed by atoms with Crippen molar-refractivity contribution in [1.29, 1.82) is 0 Å². The third-order valence-corrected chi connectivity index (χ3v) is 2.65. The van der Waals surface area contributed by atoms with Gasteiger partial charge in [0, 0.05) is 17.5 Å². The zero-order valence-corrected chi connectivity index (χ0v) is 8.90. The van der Waals surface area contributed by atoms with Gasteiger partial charge < -0.3 is 5.11 Å². The number of aliphatic hydroxyl groups is 1. The van der Waals surface area contributed by atoms with Crippen LogP contribution in [0.4, 0.5) is 0 Å². The van der Waals surface area contributed by atoms with E-state index >= 15 is 0 Å². The highest BCUT2D eigenvalue weighted by Gasteiger charge is 2.07. The van der Waals surface area contributed by atoms with Gasteiger partial charge in [-0.3, -0.25) is 0 Å². The van der Waals surface area contributed by atoms with Crippen molar-refractivity contribution in [3.63, 3.8) is 0 Å². The molecule has 2 nitrogen and oxygen atoms in total. The molecule has 1 heterocycles. The quantitative estimate of drug-likeness (QED) is 0.751. The van der Waals surface area contributed by atoms with E-state index in [2.05, 4.69) is 11.6 Å². The van der Waals surface area contributed by atoms with Crippen LogP contribution in [0.3, 0.4) is 0 Å². The summed E-state index contributed by atoms with van der Waals surface area (Å²) in [5.41, 5.74) is 2.04. The molecule has 1 aromatic heterocycles. The molecule has 0 aliphatic heterocycles. The number of rotatable bonds is 4. The maximum atomic E-state index is 9.59. The Morgan fingerprint density at radius 2 is 2.46 bits per heavy atom. The largest absolute Gasteiger partial charge is 0.392 e. The first-order valence-electron chi connectivity index (χ1n) is 4.31. The lowest BCUT2D eigenvalue weighted by atomic mass is 10.1. The second-order valence-electron chi connectivity index (χ2n) is 3.40. The molecular formula is C10H15NOS. The maximum Gasteiger partial charge on any atom is 0.0954 e. The summed E-state index contributed by atoms with van der Waals surface area (Å²) in [6.07, 6.45) is 0.979. The summed E-state index contributed by atoms with van der Waals surface area (Å²) in [7, 11) is 0. The van der Waals surface area contributed by atoms with Crippen LogP contribution in [-0.2, 0) is 6.42 Å². The van der Waals surface area contributed by atoms with Gasteiger partial charge in [-0.2, -0.15) is 0 Å². The van der Waals surface area contributed by atoms with Crippen LogP contribution < -0.4 is 0 Å². The average molecular weight is 197 g/mol. The lowest BCUT2D eigenvalue weighted by Crippen LogP contribution is -2.10. The van der Waals surface area contributed by atoms with E-state index in [-0.39, 0.29) is 6.10 Å². The molecule has 0 aliphatic rings. The molecule has 0 fully saturated rings. The number of thiazole rings is 1. The van der Waals surface area contributed by atoms with E-state index in [1.54, 1.807) is 11.3 Å². The minimum Gasteiger partial charge on any atom is -0.392 e. The van der Waals surface area contributed by atoms with Crippen LogP contribution in [-0.4, -0.2) is 16.2 Å². The van der Waals surface area contributed by atoms with Crippen molar-refractivity contribution in [2.75, 3.05) is 0 Å². The Morgan fingerprint density at radius 1 is 1.77 bits per heavy atom. The molecule has 0 saturated carbocycles. The number of hydrogen-bond donors (Lipinski definition) is 1. The molecule has 0 spiro atoms. The molecule has 1 N–H and O–H groups in total. The van der Waals surface area contributed by atoms with Crippen molar-refractivity contribution in [3.05, 3.63) is 28.2 Å². The summed E-state index contributed by atoms with van der Waals surface area (Å²) in [5.74, 6) is 0. The molecular weight excluding hydrogens is 182 g/mol. The molecule has 13 heavy (non-hydrogen) atoms. The molecule has 1 rings (SSSR count). The molecule has 0 bridgehead atoms. The molecule has 72 valence electrons. The van der Waals surface area contributed by atoms with Gasteiger partial charge in [0.15, 0.2) is 0 Å². The van der Waals surface area contributed by atoms with Crippen molar-refractivity contribution >= 4 is 11.3 Å². The Kier molecular flexibility index (Phi) is 3.63. The predicted molar refractivity (Wildman–Crippen MR) is 56.0 cm³/mol. The summed E-state index contributed by atoms with van der Waals surface area (Å²) in [6.45, 7) is 7.66. The first kappa shape index (κ1) is 10.4. The Balaban J connectivity index is 2.44. The average Bonchev–Trinajstić information content (AvgIpc) is 2.33. The van der Waals surface area contributed by atoms with Crippen molar-refractivity contribution in [3.8, 4) is 0 Å². The second-order valence-corrected chi connectivity index (χ2v) is 4.34. The first-order valence-corrected chi connectivity index (χ1v) is 5.19. The van der Waals surface area contributed by atoms with Crippen LogP contribution in [0.15, 0.2) is 17.5 Å². The van der Waals surface area contributed by atoms with Gasteiger partial charge in [0.1, 0.15) is 0 Å². The second kappa shape index (κ2) is 4.53. The molecule has 1 atom stereocenters.